The van der Waals surface area contributed by atoms with Crippen LogP contribution in [0.1, 0.15) is 21.5 Å². The maximum Gasteiger partial charge on any atom is 0.259 e. The molecule has 0 saturated heterocycles. The van der Waals surface area contributed by atoms with Gasteiger partial charge in [-0.25, -0.2) is 0 Å². The summed E-state index contributed by atoms with van der Waals surface area (Å²) >= 11 is 0. The van der Waals surface area contributed by atoms with E-state index in [1.54, 1.807) is 45.5 Å². The number of carbonyl (C=O) groups excluding carboxylic acids is 2. The second-order valence-corrected chi connectivity index (χ2v) is 6.37. The molecule has 0 saturated carbocycles. The van der Waals surface area contributed by atoms with Gasteiger partial charge >= 0.3 is 0 Å². The normalized spacial score (nSPS) is 10.3. The van der Waals surface area contributed by atoms with Crippen LogP contribution in [0.25, 0.3) is 0 Å². The van der Waals surface area contributed by atoms with Gasteiger partial charge in [-0.05, 0) is 35.4 Å². The average molecular weight is 386 g/mol. The third-order valence-electron chi connectivity index (χ3n) is 4.06. The zero-order chi connectivity index (χ0) is 20.5. The summed E-state index contributed by atoms with van der Waals surface area (Å²) in [7, 11) is 6.49. The molecule has 0 aliphatic carbocycles. The first-order chi connectivity index (χ1) is 13.4. The van der Waals surface area contributed by atoms with Crippen molar-refractivity contribution in [3.8, 4) is 11.5 Å². The first-order valence-electron chi connectivity index (χ1n) is 8.80. The molecule has 0 bridgehead atoms. The molecule has 2 rings (SSSR count). The summed E-state index contributed by atoms with van der Waals surface area (Å²) in [5.41, 5.74) is 2.44. The van der Waals surface area contributed by atoms with E-state index in [-0.39, 0.29) is 18.4 Å². The van der Waals surface area contributed by atoms with E-state index in [1.165, 1.54) is 12.0 Å². The fourth-order valence-corrected chi connectivity index (χ4v) is 2.41. The van der Waals surface area contributed by atoms with Crippen molar-refractivity contribution in [1.29, 1.82) is 0 Å². The highest BCUT2D eigenvalue weighted by molar-refractivity contribution is 5.94. The third kappa shape index (κ3) is 5.99. The zero-order valence-electron chi connectivity index (χ0n) is 16.7. The van der Waals surface area contributed by atoms with Crippen LogP contribution in [-0.2, 0) is 22.7 Å². The molecular formula is C21H26N2O5. The molecule has 7 nitrogen and oxygen atoms in total. The first kappa shape index (κ1) is 21.2. The molecular weight excluding hydrogens is 360 g/mol. The summed E-state index contributed by atoms with van der Waals surface area (Å²) < 4.78 is 15.9. The van der Waals surface area contributed by atoms with Crippen LogP contribution in [0.3, 0.4) is 0 Å². The molecule has 150 valence electrons. The van der Waals surface area contributed by atoms with Gasteiger partial charge in [-0.15, -0.1) is 0 Å². The number of hydrogen-bond donors (Lipinski definition) is 1. The number of ether oxygens (including phenoxy) is 3. The monoisotopic (exact) mass is 386 g/mol. The lowest BCUT2D eigenvalue weighted by atomic mass is 10.1. The predicted molar refractivity (Wildman–Crippen MR) is 106 cm³/mol. The predicted octanol–water partition coefficient (Wildman–Crippen LogP) is 2.24. The van der Waals surface area contributed by atoms with Crippen molar-refractivity contribution in [3.63, 3.8) is 0 Å². The Morgan fingerprint density at radius 2 is 1.64 bits per heavy atom. The Labute approximate surface area is 165 Å². The molecule has 1 N–H and O–H groups in total. The van der Waals surface area contributed by atoms with Crippen LogP contribution in [0.2, 0.25) is 0 Å². The van der Waals surface area contributed by atoms with Crippen molar-refractivity contribution >= 4 is 11.8 Å². The average Bonchev–Trinajstić information content (AvgIpc) is 2.71. The van der Waals surface area contributed by atoms with E-state index in [2.05, 4.69) is 5.32 Å². The summed E-state index contributed by atoms with van der Waals surface area (Å²) in [6.45, 7) is 0.778. The van der Waals surface area contributed by atoms with Crippen LogP contribution in [0.15, 0.2) is 42.5 Å². The zero-order valence-corrected chi connectivity index (χ0v) is 16.7. The number of likely N-dealkylation sites (N-methyl/N-ethyl adjacent to an activating group) is 1. The maximum atomic E-state index is 12.3. The van der Waals surface area contributed by atoms with Crippen molar-refractivity contribution in [1.82, 2.24) is 10.2 Å². The van der Waals surface area contributed by atoms with Gasteiger partial charge in [0, 0.05) is 33.3 Å². The molecule has 0 aliphatic rings. The topological polar surface area (TPSA) is 77.1 Å². The van der Waals surface area contributed by atoms with Crippen molar-refractivity contribution in [2.45, 2.75) is 13.2 Å². The fourth-order valence-electron chi connectivity index (χ4n) is 2.41. The Hall–Kier alpha value is -3.06. The van der Waals surface area contributed by atoms with Crippen LogP contribution < -0.4 is 14.8 Å². The Morgan fingerprint density at radius 1 is 0.964 bits per heavy atom. The van der Waals surface area contributed by atoms with Gasteiger partial charge in [-0.3, -0.25) is 9.59 Å². The van der Waals surface area contributed by atoms with E-state index in [4.69, 9.17) is 14.2 Å². The van der Waals surface area contributed by atoms with Gasteiger partial charge in [0.2, 0.25) is 0 Å². The quantitative estimate of drug-likeness (QED) is 0.715. The largest absolute Gasteiger partial charge is 0.493 e. The summed E-state index contributed by atoms with van der Waals surface area (Å²) in [5, 5.41) is 2.88. The number of benzene rings is 2. The highest BCUT2D eigenvalue weighted by Gasteiger charge is 2.11. The fraction of sp³-hybridized carbons (Fsp3) is 0.333. The maximum absolute atomic E-state index is 12.3. The molecule has 0 aromatic heterocycles. The standard InChI is InChI=1S/C21H26N2O5/c1-23(2)20(24)14-28-18-10-7-16(11-19(18)27-4)12-22-21(25)17-8-5-15(6-9-17)13-26-3/h5-11H,12-14H2,1-4H3,(H,22,25). The Kier molecular flexibility index (Phi) is 7.83. The number of rotatable bonds is 9. The van der Waals surface area contributed by atoms with Crippen LogP contribution in [0, 0.1) is 0 Å². The highest BCUT2D eigenvalue weighted by Crippen LogP contribution is 2.28. The minimum absolute atomic E-state index is 0.0709. The molecule has 0 fully saturated rings. The Balaban J connectivity index is 1.96. The van der Waals surface area contributed by atoms with E-state index in [0.717, 1.165) is 11.1 Å². The SMILES string of the molecule is COCc1ccc(C(=O)NCc2ccc(OCC(=O)N(C)C)c(OC)c2)cc1. The summed E-state index contributed by atoms with van der Waals surface area (Å²) in [5.74, 6) is 0.665. The molecule has 2 aromatic rings. The molecule has 0 heterocycles. The number of nitrogens with one attached hydrogen (secondary N) is 1. The molecule has 0 spiro atoms. The van der Waals surface area contributed by atoms with Crippen molar-refractivity contribution in [3.05, 3.63) is 59.2 Å². The molecule has 0 atom stereocenters. The molecule has 7 heteroatoms. The third-order valence-corrected chi connectivity index (χ3v) is 4.06. The molecule has 0 radical (unpaired) electrons. The van der Waals surface area contributed by atoms with Crippen LogP contribution in [-0.4, -0.2) is 51.6 Å². The Bertz CT molecular complexity index is 803. The Morgan fingerprint density at radius 3 is 2.25 bits per heavy atom. The minimum Gasteiger partial charge on any atom is -0.493 e. The lowest BCUT2D eigenvalue weighted by Gasteiger charge is -2.14. The molecule has 2 aromatic carbocycles. The van der Waals surface area contributed by atoms with E-state index in [1.807, 2.05) is 18.2 Å². The van der Waals surface area contributed by atoms with E-state index in [9.17, 15) is 9.59 Å². The second-order valence-electron chi connectivity index (χ2n) is 6.37. The van der Waals surface area contributed by atoms with E-state index in [0.29, 0.717) is 30.2 Å². The minimum atomic E-state index is -0.167. The summed E-state index contributed by atoms with van der Waals surface area (Å²) in [6.07, 6.45) is 0. The van der Waals surface area contributed by atoms with E-state index < -0.39 is 0 Å². The van der Waals surface area contributed by atoms with Gasteiger partial charge in [0.05, 0.1) is 13.7 Å². The van der Waals surface area contributed by atoms with Crippen LogP contribution in [0.5, 0.6) is 11.5 Å². The molecule has 0 aliphatic heterocycles. The van der Waals surface area contributed by atoms with Gasteiger partial charge in [0.1, 0.15) is 0 Å². The van der Waals surface area contributed by atoms with Crippen molar-refractivity contribution in [2.24, 2.45) is 0 Å². The lowest BCUT2D eigenvalue weighted by Crippen LogP contribution is -2.27. The van der Waals surface area contributed by atoms with Crippen molar-refractivity contribution in [2.75, 3.05) is 34.9 Å². The number of methoxy groups -OCH3 is 2. The highest BCUT2D eigenvalue weighted by atomic mass is 16.5. The number of carbonyl (C=O) groups is 2. The number of hydrogen-bond acceptors (Lipinski definition) is 5. The molecule has 2 amide bonds. The molecule has 28 heavy (non-hydrogen) atoms. The van der Waals surface area contributed by atoms with Crippen molar-refractivity contribution < 1.29 is 23.8 Å². The first-order valence-corrected chi connectivity index (χ1v) is 8.80. The summed E-state index contributed by atoms with van der Waals surface area (Å²) in [6, 6.07) is 12.6. The number of amides is 2. The summed E-state index contributed by atoms with van der Waals surface area (Å²) in [4.78, 5) is 25.4. The van der Waals surface area contributed by atoms with Gasteiger partial charge in [0.25, 0.3) is 11.8 Å². The van der Waals surface area contributed by atoms with Gasteiger partial charge < -0.3 is 24.4 Å². The smallest absolute Gasteiger partial charge is 0.259 e. The van der Waals surface area contributed by atoms with Crippen LogP contribution in [0.4, 0.5) is 0 Å². The lowest BCUT2D eigenvalue weighted by molar-refractivity contribution is -0.130. The second kappa shape index (κ2) is 10.3. The van der Waals surface area contributed by atoms with Gasteiger partial charge in [-0.2, -0.15) is 0 Å². The van der Waals surface area contributed by atoms with E-state index >= 15 is 0 Å². The van der Waals surface area contributed by atoms with Gasteiger partial charge in [0.15, 0.2) is 18.1 Å². The van der Waals surface area contributed by atoms with Gasteiger partial charge in [-0.1, -0.05) is 18.2 Å². The number of nitrogens with zero attached hydrogens (tertiary/aromatic N) is 1. The molecule has 0 unspecified atom stereocenters. The van der Waals surface area contributed by atoms with Crippen LogP contribution >= 0.6 is 0 Å².